The van der Waals surface area contributed by atoms with Gasteiger partial charge in [0.25, 0.3) is 5.91 Å². The van der Waals surface area contributed by atoms with E-state index < -0.39 is 5.60 Å². The molecule has 1 rings (SSSR count). The Bertz CT molecular complexity index is 377. The zero-order valence-electron chi connectivity index (χ0n) is 11.0. The van der Waals surface area contributed by atoms with Crippen LogP contribution in [0, 0.1) is 13.8 Å². The van der Waals surface area contributed by atoms with Gasteiger partial charge in [0.1, 0.15) is 0 Å². The van der Waals surface area contributed by atoms with Crippen LogP contribution in [-0.4, -0.2) is 23.2 Å². The van der Waals surface area contributed by atoms with E-state index in [1.807, 2.05) is 26.8 Å². The average Bonchev–Trinajstić information content (AvgIpc) is 2.56. The molecule has 0 aliphatic rings. The molecule has 0 bridgehead atoms. The second kappa shape index (κ2) is 5.65. The fourth-order valence-corrected chi connectivity index (χ4v) is 2.62. The Balaban J connectivity index is 2.56. The first kappa shape index (κ1) is 14.2. The molecule has 3 nitrogen and oxygen atoms in total. The normalized spacial score (nSPS) is 14.4. The van der Waals surface area contributed by atoms with Crippen LogP contribution in [0.25, 0.3) is 0 Å². The number of carbonyl (C=O) groups excluding carboxylic acids is 1. The van der Waals surface area contributed by atoms with Gasteiger partial charge in [-0.1, -0.05) is 13.3 Å². The highest BCUT2D eigenvalue weighted by Crippen LogP contribution is 2.20. The maximum absolute atomic E-state index is 11.8. The minimum Gasteiger partial charge on any atom is -0.388 e. The van der Waals surface area contributed by atoms with Crippen LogP contribution in [0.15, 0.2) is 6.07 Å². The molecule has 0 saturated carbocycles. The Hall–Kier alpha value is -0.870. The lowest BCUT2D eigenvalue weighted by Gasteiger charge is -2.22. The zero-order valence-corrected chi connectivity index (χ0v) is 11.8. The molecule has 1 atom stereocenters. The van der Waals surface area contributed by atoms with Gasteiger partial charge in [0.15, 0.2) is 0 Å². The van der Waals surface area contributed by atoms with Crippen LogP contribution < -0.4 is 5.32 Å². The largest absolute Gasteiger partial charge is 0.388 e. The van der Waals surface area contributed by atoms with E-state index in [2.05, 4.69) is 5.32 Å². The van der Waals surface area contributed by atoms with Gasteiger partial charge < -0.3 is 10.4 Å². The van der Waals surface area contributed by atoms with Gasteiger partial charge in [-0.2, -0.15) is 0 Å². The van der Waals surface area contributed by atoms with Gasteiger partial charge in [0.2, 0.25) is 0 Å². The fraction of sp³-hybridized carbons (Fsp3) is 0.615. The minimum absolute atomic E-state index is 0.0948. The molecule has 96 valence electrons. The third-order valence-electron chi connectivity index (χ3n) is 2.81. The predicted octanol–water partition coefficient (Wildman–Crippen LogP) is 2.65. The highest BCUT2D eigenvalue weighted by atomic mass is 32.1. The molecule has 0 fully saturated rings. The van der Waals surface area contributed by atoms with Gasteiger partial charge in [-0.3, -0.25) is 4.79 Å². The number of aryl methyl sites for hydroxylation is 2. The fourth-order valence-electron chi connectivity index (χ4n) is 1.67. The van der Waals surface area contributed by atoms with Crippen molar-refractivity contribution in [3.05, 3.63) is 21.4 Å². The van der Waals surface area contributed by atoms with Crippen molar-refractivity contribution >= 4 is 17.2 Å². The van der Waals surface area contributed by atoms with Crippen molar-refractivity contribution in [2.75, 3.05) is 6.54 Å². The molecule has 1 amide bonds. The summed E-state index contributed by atoms with van der Waals surface area (Å²) in [6, 6.07) is 1.89. The van der Waals surface area contributed by atoms with E-state index in [-0.39, 0.29) is 5.91 Å². The number of thiophene rings is 1. The molecule has 0 saturated heterocycles. The summed E-state index contributed by atoms with van der Waals surface area (Å²) in [5.74, 6) is -0.0948. The molecule has 0 spiro atoms. The first-order valence-electron chi connectivity index (χ1n) is 5.93. The summed E-state index contributed by atoms with van der Waals surface area (Å²) in [4.78, 5) is 13.7. The topological polar surface area (TPSA) is 49.3 Å². The molecule has 0 radical (unpaired) electrons. The van der Waals surface area contributed by atoms with Crippen molar-refractivity contribution in [2.45, 2.75) is 46.1 Å². The lowest BCUT2D eigenvalue weighted by Crippen LogP contribution is -2.40. The van der Waals surface area contributed by atoms with Gasteiger partial charge in [0, 0.05) is 11.4 Å². The van der Waals surface area contributed by atoms with E-state index in [1.54, 1.807) is 6.92 Å². The molecule has 1 unspecified atom stereocenters. The quantitative estimate of drug-likeness (QED) is 0.849. The Labute approximate surface area is 107 Å². The lowest BCUT2D eigenvalue weighted by molar-refractivity contribution is 0.0470. The number of hydrogen-bond donors (Lipinski definition) is 2. The van der Waals surface area contributed by atoms with Gasteiger partial charge in [-0.15, -0.1) is 11.3 Å². The first-order chi connectivity index (χ1) is 7.85. The van der Waals surface area contributed by atoms with Crippen LogP contribution in [0.4, 0.5) is 0 Å². The van der Waals surface area contributed by atoms with Crippen molar-refractivity contribution in [1.82, 2.24) is 5.32 Å². The highest BCUT2D eigenvalue weighted by Gasteiger charge is 2.20. The summed E-state index contributed by atoms with van der Waals surface area (Å²) < 4.78 is 0. The maximum atomic E-state index is 11.8. The van der Waals surface area contributed by atoms with Crippen molar-refractivity contribution in [3.63, 3.8) is 0 Å². The number of rotatable bonds is 5. The van der Waals surface area contributed by atoms with Crippen LogP contribution >= 0.6 is 11.3 Å². The molecule has 1 aromatic heterocycles. The van der Waals surface area contributed by atoms with E-state index in [9.17, 15) is 9.90 Å². The number of hydrogen-bond acceptors (Lipinski definition) is 3. The van der Waals surface area contributed by atoms with Crippen LogP contribution in [0.1, 0.15) is 46.8 Å². The van der Waals surface area contributed by atoms with E-state index in [4.69, 9.17) is 0 Å². The molecule has 0 aliphatic heterocycles. The number of nitrogens with one attached hydrogen (secondary N) is 1. The molecular weight excluding hydrogens is 234 g/mol. The summed E-state index contributed by atoms with van der Waals surface area (Å²) in [6.07, 6.45) is 1.59. The molecule has 17 heavy (non-hydrogen) atoms. The summed E-state index contributed by atoms with van der Waals surface area (Å²) in [6.45, 7) is 8.07. The van der Waals surface area contributed by atoms with Crippen LogP contribution in [0.2, 0.25) is 0 Å². The van der Waals surface area contributed by atoms with E-state index in [1.165, 1.54) is 11.3 Å². The van der Waals surface area contributed by atoms with Crippen molar-refractivity contribution in [2.24, 2.45) is 0 Å². The van der Waals surface area contributed by atoms with Gasteiger partial charge in [-0.25, -0.2) is 0 Å². The second-order valence-corrected chi connectivity index (χ2v) is 6.04. The predicted molar refractivity (Wildman–Crippen MR) is 71.7 cm³/mol. The van der Waals surface area contributed by atoms with E-state index in [0.717, 1.165) is 16.9 Å². The first-order valence-corrected chi connectivity index (χ1v) is 6.75. The SMILES string of the molecule is CCCC(C)(O)CNC(=O)c1cc(C)c(C)s1. The van der Waals surface area contributed by atoms with Crippen molar-refractivity contribution < 1.29 is 9.90 Å². The van der Waals surface area contributed by atoms with Gasteiger partial charge in [-0.05, 0) is 38.8 Å². The zero-order chi connectivity index (χ0) is 13.1. The standard InChI is InChI=1S/C13H21NO2S/c1-5-6-13(4,16)8-14-12(15)11-7-9(2)10(3)17-11/h7,16H,5-6,8H2,1-4H3,(H,14,15). The summed E-state index contributed by atoms with van der Waals surface area (Å²) in [7, 11) is 0. The summed E-state index contributed by atoms with van der Waals surface area (Å²) >= 11 is 1.49. The molecule has 0 aliphatic carbocycles. The van der Waals surface area contributed by atoms with Gasteiger partial charge >= 0.3 is 0 Å². The van der Waals surface area contributed by atoms with Crippen molar-refractivity contribution in [3.8, 4) is 0 Å². The molecule has 4 heteroatoms. The third-order valence-corrected chi connectivity index (χ3v) is 3.96. The Morgan fingerprint density at radius 2 is 2.18 bits per heavy atom. The molecule has 1 aromatic rings. The molecule has 2 N–H and O–H groups in total. The third kappa shape index (κ3) is 4.13. The Morgan fingerprint density at radius 1 is 1.53 bits per heavy atom. The second-order valence-electron chi connectivity index (χ2n) is 4.78. The van der Waals surface area contributed by atoms with E-state index >= 15 is 0 Å². The minimum atomic E-state index is -0.814. The van der Waals surface area contributed by atoms with Crippen LogP contribution in [-0.2, 0) is 0 Å². The van der Waals surface area contributed by atoms with Crippen LogP contribution in [0.5, 0.6) is 0 Å². The van der Waals surface area contributed by atoms with Gasteiger partial charge in [0.05, 0.1) is 10.5 Å². The molecule has 0 aromatic carbocycles. The Morgan fingerprint density at radius 3 is 2.65 bits per heavy atom. The number of aliphatic hydroxyl groups is 1. The summed E-state index contributed by atoms with van der Waals surface area (Å²) in [5, 5.41) is 12.7. The Kier molecular flexibility index (Phi) is 4.71. The average molecular weight is 255 g/mol. The smallest absolute Gasteiger partial charge is 0.261 e. The number of amides is 1. The number of carbonyl (C=O) groups is 1. The summed E-state index contributed by atoms with van der Waals surface area (Å²) in [5.41, 5.74) is 0.326. The van der Waals surface area contributed by atoms with Crippen molar-refractivity contribution in [1.29, 1.82) is 0 Å². The maximum Gasteiger partial charge on any atom is 0.261 e. The highest BCUT2D eigenvalue weighted by molar-refractivity contribution is 7.14. The van der Waals surface area contributed by atoms with Crippen LogP contribution in [0.3, 0.4) is 0 Å². The monoisotopic (exact) mass is 255 g/mol. The molecule has 1 heterocycles. The molecular formula is C13H21NO2S. The lowest BCUT2D eigenvalue weighted by atomic mass is 10.0. The van der Waals surface area contributed by atoms with E-state index in [0.29, 0.717) is 17.8 Å².